The van der Waals surface area contributed by atoms with Crippen molar-refractivity contribution in [2.45, 2.75) is 89.9 Å². The van der Waals surface area contributed by atoms with Gasteiger partial charge in [-0.2, -0.15) is 0 Å². The van der Waals surface area contributed by atoms with E-state index in [1.54, 1.807) is 0 Å². The van der Waals surface area contributed by atoms with Gasteiger partial charge in [0.25, 0.3) is 0 Å². The molecule has 3 aliphatic rings. The minimum absolute atomic E-state index is 0.267. The molecule has 4 heteroatoms. The molecule has 5 rings (SSSR count). The predicted octanol–water partition coefficient (Wildman–Crippen LogP) is 7.40. The molecule has 0 atom stereocenters. The number of ketones is 2. The average molecular weight is 489 g/mol. The summed E-state index contributed by atoms with van der Waals surface area (Å²) in [6.07, 6.45) is 8.52. The predicted molar refractivity (Wildman–Crippen MR) is 142 cm³/mol. The number of ether oxygens (including phenoxy) is 2. The summed E-state index contributed by atoms with van der Waals surface area (Å²) in [5.41, 5.74) is 1.22. The summed E-state index contributed by atoms with van der Waals surface area (Å²) in [7, 11) is 0. The molecule has 2 aromatic rings. The van der Waals surface area contributed by atoms with Crippen molar-refractivity contribution in [3.63, 3.8) is 0 Å². The molecule has 0 N–H and O–H groups in total. The van der Waals surface area contributed by atoms with Crippen molar-refractivity contribution in [3.05, 3.63) is 59.7 Å². The van der Waals surface area contributed by atoms with Crippen LogP contribution in [0.1, 0.15) is 101 Å². The molecule has 0 saturated heterocycles. The van der Waals surface area contributed by atoms with E-state index in [9.17, 15) is 9.59 Å². The van der Waals surface area contributed by atoms with Crippen LogP contribution in [0, 0.1) is 10.8 Å². The van der Waals surface area contributed by atoms with Crippen LogP contribution in [-0.4, -0.2) is 24.8 Å². The SMILES string of the molecule is CCCOc1ccc(C2CCC3(CC2)C(=O)C2(CCC(c4ccc(OCCC)cc4)CC2)C3=O)cc1. The summed E-state index contributed by atoms with van der Waals surface area (Å²) in [6.45, 7) is 5.68. The van der Waals surface area contributed by atoms with Gasteiger partial charge in [0, 0.05) is 0 Å². The number of benzene rings is 2. The van der Waals surface area contributed by atoms with Crippen LogP contribution in [0.2, 0.25) is 0 Å². The van der Waals surface area contributed by atoms with Crippen LogP contribution in [0.15, 0.2) is 48.5 Å². The molecule has 2 aromatic carbocycles. The van der Waals surface area contributed by atoms with E-state index in [0.29, 0.717) is 37.5 Å². The first-order valence-electron chi connectivity index (χ1n) is 14.1. The first-order valence-corrected chi connectivity index (χ1v) is 14.1. The molecule has 3 aliphatic carbocycles. The summed E-state index contributed by atoms with van der Waals surface area (Å²) in [5.74, 6) is 3.21. The van der Waals surface area contributed by atoms with Crippen molar-refractivity contribution < 1.29 is 19.1 Å². The average Bonchev–Trinajstić information content (AvgIpc) is 2.95. The molecule has 0 aromatic heterocycles. The van der Waals surface area contributed by atoms with Gasteiger partial charge < -0.3 is 9.47 Å². The highest BCUT2D eigenvalue weighted by Crippen LogP contribution is 2.62. The van der Waals surface area contributed by atoms with Crippen LogP contribution in [-0.2, 0) is 9.59 Å². The third-order valence-corrected chi connectivity index (χ3v) is 9.07. The van der Waals surface area contributed by atoms with Gasteiger partial charge in [0.1, 0.15) is 11.5 Å². The second-order valence-electron chi connectivity index (χ2n) is 11.2. The maximum absolute atomic E-state index is 13.6. The van der Waals surface area contributed by atoms with Gasteiger partial charge in [0.05, 0.1) is 24.0 Å². The zero-order valence-electron chi connectivity index (χ0n) is 21.9. The molecular formula is C32H40O4. The van der Waals surface area contributed by atoms with E-state index in [1.165, 1.54) is 11.1 Å². The molecule has 0 radical (unpaired) electrons. The second-order valence-corrected chi connectivity index (χ2v) is 11.2. The van der Waals surface area contributed by atoms with E-state index < -0.39 is 10.8 Å². The maximum Gasteiger partial charge on any atom is 0.159 e. The molecule has 0 heterocycles. The largest absolute Gasteiger partial charge is 0.494 e. The van der Waals surface area contributed by atoms with Crippen LogP contribution in [0.25, 0.3) is 0 Å². The monoisotopic (exact) mass is 488 g/mol. The van der Waals surface area contributed by atoms with Gasteiger partial charge in [0.2, 0.25) is 0 Å². The molecule has 0 bridgehead atoms. The van der Waals surface area contributed by atoms with E-state index in [0.717, 1.165) is 63.2 Å². The standard InChI is InChI=1S/C32H40O4/c1-3-21-35-27-9-5-23(6-10-27)25-13-17-31(18-14-25)29(33)32(30(31)34)19-15-26(16-20-32)24-7-11-28(12-8-24)36-22-4-2/h5-12,25-26H,3-4,13-22H2,1-2H3. The molecule has 3 saturated carbocycles. The second kappa shape index (κ2) is 10.4. The van der Waals surface area contributed by atoms with E-state index in [1.807, 2.05) is 24.3 Å². The van der Waals surface area contributed by atoms with Crippen LogP contribution in [0.4, 0.5) is 0 Å². The highest BCUT2D eigenvalue weighted by Gasteiger charge is 2.70. The van der Waals surface area contributed by atoms with Crippen molar-refractivity contribution in [2.75, 3.05) is 13.2 Å². The van der Waals surface area contributed by atoms with E-state index in [2.05, 4.69) is 38.1 Å². The summed E-state index contributed by atoms with van der Waals surface area (Å²) < 4.78 is 11.4. The Balaban J connectivity index is 1.16. The zero-order valence-corrected chi connectivity index (χ0v) is 21.9. The molecule has 2 spiro atoms. The minimum Gasteiger partial charge on any atom is -0.494 e. The van der Waals surface area contributed by atoms with Crippen molar-refractivity contribution in [1.82, 2.24) is 0 Å². The quantitative estimate of drug-likeness (QED) is 0.363. The third-order valence-electron chi connectivity index (χ3n) is 9.07. The van der Waals surface area contributed by atoms with Gasteiger partial charge >= 0.3 is 0 Å². The molecule has 36 heavy (non-hydrogen) atoms. The van der Waals surface area contributed by atoms with E-state index >= 15 is 0 Å². The van der Waals surface area contributed by atoms with Crippen molar-refractivity contribution >= 4 is 11.6 Å². The highest BCUT2D eigenvalue weighted by atomic mass is 16.5. The Kier molecular flexibility index (Phi) is 7.23. The summed E-state index contributed by atoms with van der Waals surface area (Å²) in [6, 6.07) is 16.8. The topological polar surface area (TPSA) is 52.6 Å². The van der Waals surface area contributed by atoms with Crippen molar-refractivity contribution in [1.29, 1.82) is 0 Å². The lowest BCUT2D eigenvalue weighted by Crippen LogP contribution is -2.68. The van der Waals surface area contributed by atoms with Crippen molar-refractivity contribution in [2.24, 2.45) is 10.8 Å². The molecule has 0 amide bonds. The lowest BCUT2D eigenvalue weighted by Gasteiger charge is -2.57. The van der Waals surface area contributed by atoms with Gasteiger partial charge in [-0.1, -0.05) is 38.1 Å². The van der Waals surface area contributed by atoms with Gasteiger partial charge in [-0.25, -0.2) is 0 Å². The third kappa shape index (κ3) is 4.37. The van der Waals surface area contributed by atoms with Gasteiger partial charge in [-0.15, -0.1) is 0 Å². The smallest absolute Gasteiger partial charge is 0.159 e. The molecule has 0 aliphatic heterocycles. The first kappa shape index (κ1) is 25.0. The fourth-order valence-electron chi connectivity index (χ4n) is 6.97. The van der Waals surface area contributed by atoms with Crippen LogP contribution >= 0.6 is 0 Å². The number of rotatable bonds is 8. The number of carbonyl (C=O) groups is 2. The fraction of sp³-hybridized carbons (Fsp3) is 0.562. The Morgan fingerprint density at radius 2 is 0.944 bits per heavy atom. The summed E-state index contributed by atoms with van der Waals surface area (Å²) in [5, 5.41) is 0. The number of hydrogen-bond donors (Lipinski definition) is 0. The summed E-state index contributed by atoms with van der Waals surface area (Å²) in [4.78, 5) is 27.3. The van der Waals surface area contributed by atoms with E-state index in [4.69, 9.17) is 9.47 Å². The van der Waals surface area contributed by atoms with Crippen LogP contribution in [0.5, 0.6) is 11.5 Å². The minimum atomic E-state index is -0.689. The number of Topliss-reactive ketones (excluding diaryl/α,β-unsaturated/α-hetero) is 2. The fourth-order valence-corrected chi connectivity index (χ4v) is 6.97. The first-order chi connectivity index (χ1) is 17.5. The Bertz CT molecular complexity index is 949. The van der Waals surface area contributed by atoms with Crippen LogP contribution < -0.4 is 9.47 Å². The molecule has 3 fully saturated rings. The maximum atomic E-state index is 13.6. The Hall–Kier alpha value is -2.62. The Morgan fingerprint density at radius 3 is 1.25 bits per heavy atom. The molecular weight excluding hydrogens is 448 g/mol. The Labute approximate surface area is 215 Å². The Morgan fingerprint density at radius 1 is 0.611 bits per heavy atom. The lowest BCUT2D eigenvalue weighted by molar-refractivity contribution is -0.177. The van der Waals surface area contributed by atoms with Crippen molar-refractivity contribution in [3.8, 4) is 11.5 Å². The van der Waals surface area contributed by atoms with E-state index in [-0.39, 0.29) is 11.6 Å². The summed E-state index contributed by atoms with van der Waals surface area (Å²) >= 11 is 0. The highest BCUT2D eigenvalue weighted by molar-refractivity contribution is 6.30. The molecule has 192 valence electrons. The number of hydrogen-bond acceptors (Lipinski definition) is 4. The normalized spacial score (nSPS) is 29.8. The van der Waals surface area contributed by atoms with Gasteiger partial charge in [0.15, 0.2) is 11.6 Å². The number of carbonyl (C=O) groups excluding carboxylic acids is 2. The molecule has 4 nitrogen and oxygen atoms in total. The lowest BCUT2D eigenvalue weighted by atomic mass is 9.42. The van der Waals surface area contributed by atoms with Gasteiger partial charge in [-0.3, -0.25) is 9.59 Å². The van der Waals surface area contributed by atoms with Crippen LogP contribution in [0.3, 0.4) is 0 Å². The molecule has 0 unspecified atom stereocenters. The zero-order chi connectivity index (χ0) is 25.2. The van der Waals surface area contributed by atoms with Gasteiger partial charge in [-0.05, 0) is 111 Å².